The lowest BCUT2D eigenvalue weighted by atomic mass is 9.92. The highest BCUT2D eigenvalue weighted by molar-refractivity contribution is 5.85. The highest BCUT2D eigenvalue weighted by Crippen LogP contribution is 2.24. The Bertz CT molecular complexity index is 401. The normalized spacial score (nSPS) is 22.0. The molecule has 2 aliphatic rings. The molecule has 0 unspecified atom stereocenters. The average Bonchev–Trinajstić information content (AvgIpc) is 2.53. The summed E-state index contributed by atoms with van der Waals surface area (Å²) in [6.07, 6.45) is 3.79. The van der Waals surface area contributed by atoms with Crippen LogP contribution in [-0.4, -0.2) is 53.8 Å². The largest absolute Gasteiger partial charge is 0.342 e. The van der Waals surface area contributed by atoms with Crippen molar-refractivity contribution in [1.29, 1.82) is 0 Å². The van der Waals surface area contributed by atoms with E-state index < -0.39 is 6.04 Å². The summed E-state index contributed by atoms with van der Waals surface area (Å²) < 4.78 is 0. The summed E-state index contributed by atoms with van der Waals surface area (Å²) in [5, 5.41) is 0. The van der Waals surface area contributed by atoms with Gasteiger partial charge in [-0.15, -0.1) is 12.4 Å². The van der Waals surface area contributed by atoms with Gasteiger partial charge in [-0.25, -0.2) is 0 Å². The van der Waals surface area contributed by atoms with Crippen LogP contribution in [0.2, 0.25) is 0 Å². The van der Waals surface area contributed by atoms with Crippen LogP contribution in [0.5, 0.6) is 0 Å². The number of piperidine rings is 2. The van der Waals surface area contributed by atoms with E-state index in [-0.39, 0.29) is 30.2 Å². The van der Waals surface area contributed by atoms with Gasteiger partial charge in [-0.05, 0) is 37.5 Å². The lowest BCUT2D eigenvalue weighted by molar-refractivity contribution is -0.142. The fraction of sp³-hybridized carbons (Fsp3) is 0.882. The number of carbonyl (C=O) groups is 2. The van der Waals surface area contributed by atoms with Crippen LogP contribution in [-0.2, 0) is 9.59 Å². The highest BCUT2D eigenvalue weighted by atomic mass is 35.5. The second-order valence-corrected chi connectivity index (χ2v) is 7.38. The van der Waals surface area contributed by atoms with Crippen LogP contribution in [0.25, 0.3) is 0 Å². The molecule has 5 nitrogen and oxygen atoms in total. The van der Waals surface area contributed by atoms with Gasteiger partial charge in [0.1, 0.15) is 0 Å². The number of halogens is 1. The van der Waals surface area contributed by atoms with Gasteiger partial charge in [0.2, 0.25) is 11.8 Å². The molecule has 1 atom stereocenters. The fourth-order valence-corrected chi connectivity index (χ4v) is 3.33. The van der Waals surface area contributed by atoms with E-state index in [1.807, 2.05) is 23.6 Å². The van der Waals surface area contributed by atoms with Crippen molar-refractivity contribution in [2.45, 2.75) is 52.5 Å². The predicted octanol–water partition coefficient (Wildman–Crippen LogP) is 1.89. The number of hydrogen-bond acceptors (Lipinski definition) is 3. The molecule has 0 spiro atoms. The minimum Gasteiger partial charge on any atom is -0.342 e. The molecule has 23 heavy (non-hydrogen) atoms. The maximum absolute atomic E-state index is 12.6. The van der Waals surface area contributed by atoms with Gasteiger partial charge in [0.25, 0.3) is 0 Å². The molecular formula is C17H32ClN3O2. The maximum Gasteiger partial charge on any atom is 0.239 e. The Balaban J connectivity index is 0.00000264. The van der Waals surface area contributed by atoms with Gasteiger partial charge in [-0.1, -0.05) is 20.8 Å². The van der Waals surface area contributed by atoms with Crippen LogP contribution >= 0.6 is 12.4 Å². The zero-order valence-electron chi connectivity index (χ0n) is 14.7. The molecular weight excluding hydrogens is 314 g/mol. The summed E-state index contributed by atoms with van der Waals surface area (Å²) >= 11 is 0. The molecule has 2 amide bonds. The predicted molar refractivity (Wildman–Crippen MR) is 94.3 cm³/mol. The molecule has 0 aliphatic carbocycles. The Labute approximate surface area is 146 Å². The van der Waals surface area contributed by atoms with Crippen molar-refractivity contribution in [2.24, 2.45) is 23.5 Å². The maximum atomic E-state index is 12.6. The van der Waals surface area contributed by atoms with Crippen molar-refractivity contribution >= 4 is 24.2 Å². The first-order chi connectivity index (χ1) is 10.4. The smallest absolute Gasteiger partial charge is 0.239 e. The van der Waals surface area contributed by atoms with E-state index >= 15 is 0 Å². The van der Waals surface area contributed by atoms with Crippen molar-refractivity contribution < 1.29 is 9.59 Å². The zero-order chi connectivity index (χ0) is 16.3. The molecule has 2 N–H and O–H groups in total. The van der Waals surface area contributed by atoms with E-state index in [9.17, 15) is 9.59 Å². The molecule has 6 heteroatoms. The molecule has 0 aromatic rings. The Hall–Kier alpha value is -0.810. The molecule has 0 aromatic carbocycles. The Morgan fingerprint density at radius 1 is 0.957 bits per heavy atom. The molecule has 2 saturated heterocycles. The van der Waals surface area contributed by atoms with Crippen LogP contribution in [0.15, 0.2) is 0 Å². The number of hydrogen-bond donors (Lipinski definition) is 1. The van der Waals surface area contributed by atoms with Crippen molar-refractivity contribution in [3.8, 4) is 0 Å². The van der Waals surface area contributed by atoms with Crippen molar-refractivity contribution in [3.63, 3.8) is 0 Å². The van der Waals surface area contributed by atoms with Crippen LogP contribution < -0.4 is 5.73 Å². The SMILES string of the molecule is CC1CCN(C(=O)C2CCN(C(=O)[C@@H](N)C(C)C)CC2)CC1.Cl. The van der Waals surface area contributed by atoms with Crippen LogP contribution in [0.4, 0.5) is 0 Å². The number of nitrogens with zero attached hydrogens (tertiary/aromatic N) is 2. The summed E-state index contributed by atoms with van der Waals surface area (Å²) in [5.41, 5.74) is 5.95. The summed E-state index contributed by atoms with van der Waals surface area (Å²) in [7, 11) is 0. The van der Waals surface area contributed by atoms with Crippen LogP contribution in [0, 0.1) is 17.8 Å². The van der Waals surface area contributed by atoms with E-state index in [0.29, 0.717) is 19.0 Å². The van der Waals surface area contributed by atoms with Gasteiger partial charge in [0.15, 0.2) is 0 Å². The first-order valence-electron chi connectivity index (χ1n) is 8.73. The van der Waals surface area contributed by atoms with Crippen molar-refractivity contribution in [2.75, 3.05) is 26.2 Å². The summed E-state index contributed by atoms with van der Waals surface area (Å²) in [6, 6.07) is -0.421. The van der Waals surface area contributed by atoms with E-state index in [0.717, 1.165) is 44.7 Å². The lowest BCUT2D eigenvalue weighted by Crippen LogP contribution is -2.51. The molecule has 0 saturated carbocycles. The molecule has 2 fully saturated rings. The van der Waals surface area contributed by atoms with Gasteiger partial charge < -0.3 is 15.5 Å². The Morgan fingerprint density at radius 2 is 1.43 bits per heavy atom. The number of likely N-dealkylation sites (tertiary alicyclic amines) is 2. The zero-order valence-corrected chi connectivity index (χ0v) is 15.5. The van der Waals surface area contributed by atoms with Gasteiger partial charge >= 0.3 is 0 Å². The third-order valence-corrected chi connectivity index (χ3v) is 5.25. The molecule has 0 aromatic heterocycles. The van der Waals surface area contributed by atoms with Crippen molar-refractivity contribution in [3.05, 3.63) is 0 Å². The van der Waals surface area contributed by atoms with Gasteiger partial charge in [-0.2, -0.15) is 0 Å². The second-order valence-electron chi connectivity index (χ2n) is 7.38. The molecule has 0 radical (unpaired) electrons. The van der Waals surface area contributed by atoms with E-state index in [4.69, 9.17) is 5.73 Å². The summed E-state index contributed by atoms with van der Waals surface area (Å²) in [4.78, 5) is 28.7. The summed E-state index contributed by atoms with van der Waals surface area (Å²) in [5.74, 6) is 1.32. The number of rotatable bonds is 3. The molecule has 2 heterocycles. The average molecular weight is 346 g/mol. The third kappa shape index (κ3) is 5.08. The minimum absolute atomic E-state index is 0. The number of amides is 2. The number of carbonyl (C=O) groups excluding carboxylic acids is 2. The van der Waals surface area contributed by atoms with E-state index in [2.05, 4.69) is 6.92 Å². The first-order valence-corrected chi connectivity index (χ1v) is 8.73. The molecule has 2 aliphatic heterocycles. The topological polar surface area (TPSA) is 66.6 Å². The Kier molecular flexibility index (Phi) is 7.81. The first kappa shape index (κ1) is 20.2. The highest BCUT2D eigenvalue weighted by Gasteiger charge is 2.33. The fourth-order valence-electron chi connectivity index (χ4n) is 3.33. The second kappa shape index (κ2) is 8.88. The standard InChI is InChI=1S/C17H31N3O2.ClH/c1-12(2)15(18)17(22)20-10-6-14(7-11-20)16(21)19-8-4-13(3)5-9-19;/h12-15H,4-11,18H2,1-3H3;1H/t15-;/m0./s1. The third-order valence-electron chi connectivity index (χ3n) is 5.25. The molecule has 2 rings (SSSR count). The molecule has 0 bridgehead atoms. The molecule has 134 valence electrons. The van der Waals surface area contributed by atoms with Crippen LogP contribution in [0.3, 0.4) is 0 Å². The van der Waals surface area contributed by atoms with Gasteiger partial charge in [0, 0.05) is 32.1 Å². The summed E-state index contributed by atoms with van der Waals surface area (Å²) in [6.45, 7) is 9.32. The lowest BCUT2D eigenvalue weighted by Gasteiger charge is -2.37. The van der Waals surface area contributed by atoms with Gasteiger partial charge in [0.05, 0.1) is 6.04 Å². The number of nitrogens with two attached hydrogens (primary N) is 1. The minimum atomic E-state index is -0.421. The quantitative estimate of drug-likeness (QED) is 0.849. The van der Waals surface area contributed by atoms with Gasteiger partial charge in [-0.3, -0.25) is 9.59 Å². The monoisotopic (exact) mass is 345 g/mol. The van der Waals surface area contributed by atoms with E-state index in [1.54, 1.807) is 0 Å². The van der Waals surface area contributed by atoms with E-state index in [1.165, 1.54) is 0 Å². The van der Waals surface area contributed by atoms with Crippen molar-refractivity contribution in [1.82, 2.24) is 9.80 Å². The van der Waals surface area contributed by atoms with Crippen LogP contribution in [0.1, 0.15) is 46.5 Å². The Morgan fingerprint density at radius 3 is 1.91 bits per heavy atom.